The Morgan fingerprint density at radius 1 is 1.56 bits per heavy atom. The summed E-state index contributed by atoms with van der Waals surface area (Å²) in [5.41, 5.74) is 7.90. The minimum atomic E-state index is -0.255. The van der Waals surface area contributed by atoms with Gasteiger partial charge in [-0.05, 0) is 31.0 Å². The van der Waals surface area contributed by atoms with Crippen LogP contribution in [0.1, 0.15) is 36.9 Å². The fraction of sp³-hybridized carbons (Fsp3) is 0.500. The molecule has 4 nitrogen and oxygen atoms in total. The summed E-state index contributed by atoms with van der Waals surface area (Å²) in [4.78, 5) is 10.9. The molecule has 0 saturated heterocycles. The van der Waals surface area contributed by atoms with Crippen molar-refractivity contribution in [3.05, 3.63) is 35.4 Å². The number of primary amides is 1. The molecule has 1 aliphatic heterocycles. The minimum absolute atomic E-state index is 0.110. The van der Waals surface area contributed by atoms with Gasteiger partial charge >= 0.3 is 0 Å². The van der Waals surface area contributed by atoms with Gasteiger partial charge in [-0.3, -0.25) is 4.79 Å². The van der Waals surface area contributed by atoms with Gasteiger partial charge in [0.2, 0.25) is 5.91 Å². The van der Waals surface area contributed by atoms with E-state index in [1.807, 2.05) is 6.92 Å². The molecule has 2 unspecified atom stereocenters. The summed E-state index contributed by atoms with van der Waals surface area (Å²) in [5.74, 6) is -0.255. The van der Waals surface area contributed by atoms with Gasteiger partial charge in [0, 0.05) is 25.0 Å². The molecule has 98 valence electrons. The van der Waals surface area contributed by atoms with Gasteiger partial charge in [-0.25, -0.2) is 0 Å². The Bertz CT molecular complexity index is 419. The van der Waals surface area contributed by atoms with Crippen molar-refractivity contribution in [1.82, 2.24) is 10.6 Å². The zero-order chi connectivity index (χ0) is 13.0. The number of rotatable bonds is 4. The topological polar surface area (TPSA) is 67.2 Å². The highest BCUT2D eigenvalue weighted by atomic mass is 16.1. The van der Waals surface area contributed by atoms with E-state index in [9.17, 15) is 4.79 Å². The summed E-state index contributed by atoms with van der Waals surface area (Å²) >= 11 is 0. The minimum Gasteiger partial charge on any atom is -0.370 e. The highest BCUT2D eigenvalue weighted by Crippen LogP contribution is 2.24. The molecular formula is C14H21N3O. The molecule has 0 saturated carbocycles. The van der Waals surface area contributed by atoms with Crippen LogP contribution in [0.25, 0.3) is 0 Å². The molecule has 1 heterocycles. The zero-order valence-corrected chi connectivity index (χ0v) is 10.8. The SMILES string of the molecule is CC(CC(N)=O)NC1CCNCc2ccccc21. The number of fused-ring (bicyclic) bond motifs is 1. The third-order valence-electron chi connectivity index (χ3n) is 3.35. The molecule has 1 aromatic rings. The van der Waals surface area contributed by atoms with Crippen LogP contribution < -0.4 is 16.4 Å². The fourth-order valence-corrected chi connectivity index (χ4v) is 2.54. The van der Waals surface area contributed by atoms with Crippen molar-refractivity contribution in [1.29, 1.82) is 0 Å². The van der Waals surface area contributed by atoms with E-state index in [1.165, 1.54) is 11.1 Å². The predicted molar refractivity (Wildman–Crippen MR) is 71.9 cm³/mol. The highest BCUT2D eigenvalue weighted by Gasteiger charge is 2.19. The van der Waals surface area contributed by atoms with Crippen LogP contribution in [0, 0.1) is 0 Å². The lowest BCUT2D eigenvalue weighted by Crippen LogP contribution is -2.34. The Morgan fingerprint density at radius 3 is 3.11 bits per heavy atom. The number of amides is 1. The van der Waals surface area contributed by atoms with E-state index in [-0.39, 0.29) is 11.9 Å². The summed E-state index contributed by atoms with van der Waals surface area (Å²) in [6.07, 6.45) is 1.41. The lowest BCUT2D eigenvalue weighted by molar-refractivity contribution is -0.118. The second-order valence-electron chi connectivity index (χ2n) is 4.96. The average molecular weight is 247 g/mol. The summed E-state index contributed by atoms with van der Waals surface area (Å²) < 4.78 is 0. The van der Waals surface area contributed by atoms with Gasteiger partial charge in [0.15, 0.2) is 0 Å². The average Bonchev–Trinajstić information content (AvgIpc) is 2.51. The largest absolute Gasteiger partial charge is 0.370 e. The lowest BCUT2D eigenvalue weighted by atomic mass is 9.98. The van der Waals surface area contributed by atoms with Crippen molar-refractivity contribution in [3.63, 3.8) is 0 Å². The van der Waals surface area contributed by atoms with Crippen LogP contribution in [0.4, 0.5) is 0 Å². The first kappa shape index (κ1) is 13.1. The molecule has 4 N–H and O–H groups in total. The van der Waals surface area contributed by atoms with Crippen molar-refractivity contribution < 1.29 is 4.79 Å². The Kier molecular flexibility index (Phi) is 4.33. The Balaban J connectivity index is 2.10. The summed E-state index contributed by atoms with van der Waals surface area (Å²) in [7, 11) is 0. The van der Waals surface area contributed by atoms with Crippen molar-refractivity contribution >= 4 is 5.91 Å². The molecule has 2 atom stereocenters. The fourth-order valence-electron chi connectivity index (χ4n) is 2.54. The van der Waals surface area contributed by atoms with E-state index in [0.29, 0.717) is 12.5 Å². The molecular weight excluding hydrogens is 226 g/mol. The smallest absolute Gasteiger partial charge is 0.218 e. The first-order valence-corrected chi connectivity index (χ1v) is 6.49. The first-order valence-electron chi connectivity index (χ1n) is 6.49. The molecule has 1 amide bonds. The van der Waals surface area contributed by atoms with Gasteiger partial charge in [0.05, 0.1) is 0 Å². The standard InChI is InChI=1S/C14H21N3O/c1-10(8-14(15)18)17-13-6-7-16-9-11-4-2-3-5-12(11)13/h2-5,10,13,16-17H,6-9H2,1H3,(H2,15,18). The van der Waals surface area contributed by atoms with Gasteiger partial charge in [-0.1, -0.05) is 24.3 Å². The molecule has 4 heteroatoms. The van der Waals surface area contributed by atoms with Crippen LogP contribution >= 0.6 is 0 Å². The number of nitrogens with two attached hydrogens (primary N) is 1. The van der Waals surface area contributed by atoms with Gasteiger partial charge in [0.25, 0.3) is 0 Å². The molecule has 0 aliphatic carbocycles. The van der Waals surface area contributed by atoms with E-state index >= 15 is 0 Å². The molecule has 0 aromatic heterocycles. The summed E-state index contributed by atoms with van der Waals surface area (Å²) in [6, 6.07) is 8.86. The maximum atomic E-state index is 10.9. The van der Waals surface area contributed by atoms with Crippen molar-refractivity contribution in [3.8, 4) is 0 Å². The van der Waals surface area contributed by atoms with Crippen LogP contribution in [0.15, 0.2) is 24.3 Å². The summed E-state index contributed by atoms with van der Waals surface area (Å²) in [6.45, 7) is 3.90. The molecule has 0 spiro atoms. The van der Waals surface area contributed by atoms with Gasteiger partial charge in [-0.15, -0.1) is 0 Å². The first-order chi connectivity index (χ1) is 8.66. The number of carbonyl (C=O) groups is 1. The number of nitrogens with one attached hydrogen (secondary N) is 2. The Labute approximate surface area is 108 Å². The van der Waals surface area contributed by atoms with E-state index in [1.54, 1.807) is 0 Å². The predicted octanol–water partition coefficient (Wildman–Crippen LogP) is 1.07. The highest BCUT2D eigenvalue weighted by molar-refractivity contribution is 5.74. The molecule has 1 aromatic carbocycles. The molecule has 18 heavy (non-hydrogen) atoms. The van der Waals surface area contributed by atoms with Crippen molar-refractivity contribution in [2.24, 2.45) is 5.73 Å². The Morgan fingerprint density at radius 2 is 2.33 bits per heavy atom. The van der Waals surface area contributed by atoms with Crippen LogP contribution in [0.2, 0.25) is 0 Å². The van der Waals surface area contributed by atoms with E-state index in [2.05, 4.69) is 34.9 Å². The second-order valence-corrected chi connectivity index (χ2v) is 4.96. The van der Waals surface area contributed by atoms with E-state index < -0.39 is 0 Å². The van der Waals surface area contributed by atoms with Crippen LogP contribution in [0.5, 0.6) is 0 Å². The number of hydrogen-bond donors (Lipinski definition) is 3. The van der Waals surface area contributed by atoms with Crippen LogP contribution in [-0.2, 0) is 11.3 Å². The number of benzene rings is 1. The molecule has 0 fully saturated rings. The third kappa shape index (κ3) is 3.31. The normalized spacial score (nSPS) is 20.8. The molecule has 0 bridgehead atoms. The van der Waals surface area contributed by atoms with Crippen LogP contribution in [-0.4, -0.2) is 18.5 Å². The van der Waals surface area contributed by atoms with Gasteiger partial charge < -0.3 is 16.4 Å². The van der Waals surface area contributed by atoms with E-state index in [0.717, 1.165) is 19.5 Å². The lowest BCUT2D eigenvalue weighted by Gasteiger charge is -2.23. The quantitative estimate of drug-likeness (QED) is 0.745. The third-order valence-corrected chi connectivity index (χ3v) is 3.35. The molecule has 0 radical (unpaired) electrons. The van der Waals surface area contributed by atoms with Gasteiger partial charge in [-0.2, -0.15) is 0 Å². The second kappa shape index (κ2) is 5.98. The number of carbonyl (C=O) groups excluding carboxylic acids is 1. The molecule has 2 rings (SSSR count). The maximum Gasteiger partial charge on any atom is 0.218 e. The van der Waals surface area contributed by atoms with Crippen molar-refractivity contribution in [2.45, 2.75) is 38.4 Å². The van der Waals surface area contributed by atoms with Crippen molar-refractivity contribution in [2.75, 3.05) is 6.54 Å². The van der Waals surface area contributed by atoms with Crippen LogP contribution in [0.3, 0.4) is 0 Å². The van der Waals surface area contributed by atoms with Gasteiger partial charge in [0.1, 0.15) is 0 Å². The molecule has 1 aliphatic rings. The Hall–Kier alpha value is -1.39. The van der Waals surface area contributed by atoms with E-state index in [4.69, 9.17) is 5.73 Å². The maximum absolute atomic E-state index is 10.9. The summed E-state index contributed by atoms with van der Waals surface area (Å²) in [5, 5.41) is 6.92. The monoisotopic (exact) mass is 247 g/mol. The number of hydrogen-bond acceptors (Lipinski definition) is 3. The zero-order valence-electron chi connectivity index (χ0n) is 10.8.